The van der Waals surface area contributed by atoms with E-state index in [2.05, 4.69) is 5.32 Å². The summed E-state index contributed by atoms with van der Waals surface area (Å²) < 4.78 is 11.1. The summed E-state index contributed by atoms with van der Waals surface area (Å²) >= 11 is 0. The van der Waals surface area contributed by atoms with Gasteiger partial charge >= 0.3 is 0 Å². The second kappa shape index (κ2) is 5.32. The molecule has 1 aromatic carbocycles. The van der Waals surface area contributed by atoms with Crippen LogP contribution in [0.1, 0.15) is 25.7 Å². The largest absolute Gasteiger partial charge is 0.485 e. The van der Waals surface area contributed by atoms with E-state index in [1.165, 1.54) is 0 Å². The van der Waals surface area contributed by atoms with Gasteiger partial charge in [0.05, 0.1) is 5.60 Å². The predicted molar refractivity (Wildman–Crippen MR) is 72.8 cm³/mol. The highest BCUT2D eigenvalue weighted by Gasteiger charge is 2.33. The molecule has 1 aromatic rings. The Labute approximate surface area is 117 Å². The van der Waals surface area contributed by atoms with E-state index in [9.17, 15) is 9.90 Å². The maximum atomic E-state index is 12.1. The van der Waals surface area contributed by atoms with Crippen molar-refractivity contribution >= 4 is 5.91 Å². The molecule has 0 spiro atoms. The van der Waals surface area contributed by atoms with Gasteiger partial charge in [0, 0.05) is 6.54 Å². The molecule has 1 heterocycles. The lowest BCUT2D eigenvalue weighted by molar-refractivity contribution is -0.131. The maximum Gasteiger partial charge on any atom is 0.264 e. The van der Waals surface area contributed by atoms with Crippen molar-refractivity contribution in [2.75, 3.05) is 13.2 Å². The van der Waals surface area contributed by atoms with Crippen molar-refractivity contribution in [2.24, 2.45) is 0 Å². The highest BCUT2D eigenvalue weighted by molar-refractivity contribution is 5.81. The molecule has 1 atom stereocenters. The lowest BCUT2D eigenvalue weighted by Gasteiger charge is -2.27. The Morgan fingerprint density at radius 2 is 2.00 bits per heavy atom. The fourth-order valence-corrected chi connectivity index (χ4v) is 2.72. The molecule has 1 aliphatic heterocycles. The van der Waals surface area contributed by atoms with Gasteiger partial charge in [0.2, 0.25) is 6.10 Å². The molecule has 3 rings (SSSR count). The Kier molecular flexibility index (Phi) is 3.53. The molecule has 5 heteroatoms. The van der Waals surface area contributed by atoms with E-state index in [1.807, 2.05) is 18.2 Å². The van der Waals surface area contributed by atoms with Gasteiger partial charge in [0.1, 0.15) is 6.61 Å². The van der Waals surface area contributed by atoms with Gasteiger partial charge in [-0.1, -0.05) is 25.0 Å². The molecule has 5 nitrogen and oxygen atoms in total. The van der Waals surface area contributed by atoms with Gasteiger partial charge in [-0.15, -0.1) is 0 Å². The number of aliphatic hydroxyl groups is 1. The Hall–Kier alpha value is -1.75. The van der Waals surface area contributed by atoms with E-state index in [0.717, 1.165) is 25.7 Å². The van der Waals surface area contributed by atoms with Crippen LogP contribution in [0.4, 0.5) is 0 Å². The number of carbonyl (C=O) groups is 1. The zero-order valence-electron chi connectivity index (χ0n) is 11.3. The minimum absolute atomic E-state index is 0.196. The van der Waals surface area contributed by atoms with Crippen LogP contribution in [0.25, 0.3) is 0 Å². The van der Waals surface area contributed by atoms with Crippen molar-refractivity contribution in [3.05, 3.63) is 24.3 Å². The molecule has 0 aromatic heterocycles. The average Bonchev–Trinajstić information content (AvgIpc) is 2.91. The van der Waals surface area contributed by atoms with Crippen molar-refractivity contribution in [1.29, 1.82) is 0 Å². The Bertz CT molecular complexity index is 496. The molecule has 108 valence electrons. The van der Waals surface area contributed by atoms with Crippen LogP contribution in [-0.4, -0.2) is 35.9 Å². The van der Waals surface area contributed by atoms with Crippen molar-refractivity contribution in [1.82, 2.24) is 5.32 Å². The highest BCUT2D eigenvalue weighted by Crippen LogP contribution is 2.31. The monoisotopic (exact) mass is 277 g/mol. The van der Waals surface area contributed by atoms with Crippen molar-refractivity contribution in [2.45, 2.75) is 37.4 Å². The quantitative estimate of drug-likeness (QED) is 0.872. The van der Waals surface area contributed by atoms with Gasteiger partial charge in [-0.2, -0.15) is 0 Å². The summed E-state index contributed by atoms with van der Waals surface area (Å²) in [5, 5.41) is 13.0. The first-order chi connectivity index (χ1) is 9.66. The predicted octanol–water partition coefficient (Wildman–Crippen LogP) is 1.25. The van der Waals surface area contributed by atoms with Crippen LogP contribution in [-0.2, 0) is 4.79 Å². The van der Waals surface area contributed by atoms with Crippen molar-refractivity contribution in [3.63, 3.8) is 0 Å². The molecule has 1 saturated carbocycles. The van der Waals surface area contributed by atoms with Crippen molar-refractivity contribution < 1.29 is 19.4 Å². The smallest absolute Gasteiger partial charge is 0.264 e. The summed E-state index contributed by atoms with van der Waals surface area (Å²) in [6, 6.07) is 7.28. The van der Waals surface area contributed by atoms with Crippen LogP contribution in [0.15, 0.2) is 24.3 Å². The van der Waals surface area contributed by atoms with Gasteiger partial charge in [-0.25, -0.2) is 0 Å². The lowest BCUT2D eigenvalue weighted by Crippen LogP contribution is -2.48. The van der Waals surface area contributed by atoms with Gasteiger partial charge in [0.15, 0.2) is 11.5 Å². The number of ether oxygens (including phenoxy) is 2. The third kappa shape index (κ3) is 2.72. The molecule has 1 amide bonds. The maximum absolute atomic E-state index is 12.1. The summed E-state index contributed by atoms with van der Waals surface area (Å²) in [6.45, 7) is 0.481. The molecule has 0 radical (unpaired) electrons. The van der Waals surface area contributed by atoms with Crippen LogP contribution in [0.2, 0.25) is 0 Å². The zero-order chi connectivity index (χ0) is 14.0. The van der Waals surface area contributed by atoms with Gasteiger partial charge in [-0.3, -0.25) is 4.79 Å². The summed E-state index contributed by atoms with van der Waals surface area (Å²) in [7, 11) is 0. The number of amides is 1. The number of fused-ring (bicyclic) bond motifs is 1. The van der Waals surface area contributed by atoms with Gasteiger partial charge in [0.25, 0.3) is 5.91 Å². The molecular weight excluding hydrogens is 258 g/mol. The van der Waals surface area contributed by atoms with Crippen LogP contribution in [0, 0.1) is 0 Å². The standard InChI is InChI=1S/C15H19NO4/c17-14(16-10-15(18)7-3-4-8-15)13-9-19-11-5-1-2-6-12(11)20-13/h1-2,5-6,13,18H,3-4,7-10H2,(H,16,17). The van der Waals surface area contributed by atoms with E-state index in [1.54, 1.807) is 6.07 Å². The fourth-order valence-electron chi connectivity index (χ4n) is 2.72. The second-order valence-electron chi connectivity index (χ2n) is 5.51. The molecule has 1 fully saturated rings. The third-order valence-electron chi connectivity index (χ3n) is 3.93. The average molecular weight is 277 g/mol. The number of nitrogens with one attached hydrogen (secondary N) is 1. The number of hydrogen-bond acceptors (Lipinski definition) is 4. The van der Waals surface area contributed by atoms with E-state index in [0.29, 0.717) is 11.5 Å². The summed E-state index contributed by atoms with van der Waals surface area (Å²) in [4.78, 5) is 12.1. The first-order valence-electron chi connectivity index (χ1n) is 7.05. The second-order valence-corrected chi connectivity index (χ2v) is 5.51. The number of hydrogen-bond donors (Lipinski definition) is 2. The summed E-state index contributed by atoms with van der Waals surface area (Å²) in [5.41, 5.74) is -0.747. The molecular formula is C15H19NO4. The molecule has 1 aliphatic carbocycles. The number of rotatable bonds is 3. The Morgan fingerprint density at radius 3 is 2.75 bits per heavy atom. The first kappa shape index (κ1) is 13.2. The third-order valence-corrected chi connectivity index (χ3v) is 3.93. The van der Waals surface area contributed by atoms with Crippen LogP contribution in [0.3, 0.4) is 0 Å². The number of carbonyl (C=O) groups excluding carboxylic acids is 1. The Morgan fingerprint density at radius 1 is 1.30 bits per heavy atom. The van der Waals surface area contributed by atoms with E-state index >= 15 is 0 Å². The zero-order valence-corrected chi connectivity index (χ0v) is 11.3. The summed E-state index contributed by atoms with van der Waals surface area (Å²) in [5.74, 6) is 1.00. The minimum Gasteiger partial charge on any atom is -0.485 e. The van der Waals surface area contributed by atoms with Crippen LogP contribution in [0.5, 0.6) is 11.5 Å². The number of benzene rings is 1. The van der Waals surface area contributed by atoms with Crippen molar-refractivity contribution in [3.8, 4) is 11.5 Å². The molecule has 1 unspecified atom stereocenters. The molecule has 2 aliphatic rings. The first-order valence-corrected chi connectivity index (χ1v) is 7.05. The lowest BCUT2D eigenvalue weighted by atomic mass is 10.0. The minimum atomic E-state index is -0.747. The van der Waals surface area contributed by atoms with E-state index < -0.39 is 11.7 Å². The van der Waals surface area contributed by atoms with Gasteiger partial charge in [-0.05, 0) is 25.0 Å². The normalized spacial score (nSPS) is 23.4. The molecule has 20 heavy (non-hydrogen) atoms. The molecule has 0 bridgehead atoms. The SMILES string of the molecule is O=C(NCC1(O)CCCC1)C1COc2ccccc2O1. The van der Waals surface area contributed by atoms with E-state index in [-0.39, 0.29) is 19.1 Å². The van der Waals surface area contributed by atoms with E-state index in [4.69, 9.17) is 9.47 Å². The van der Waals surface area contributed by atoms with Gasteiger partial charge < -0.3 is 19.9 Å². The highest BCUT2D eigenvalue weighted by atomic mass is 16.6. The van der Waals surface area contributed by atoms with Crippen LogP contribution >= 0.6 is 0 Å². The van der Waals surface area contributed by atoms with Crippen LogP contribution < -0.4 is 14.8 Å². The topological polar surface area (TPSA) is 67.8 Å². The summed E-state index contributed by atoms with van der Waals surface area (Å²) in [6.07, 6.45) is 2.87. The molecule has 0 saturated heterocycles. The number of para-hydroxylation sites is 2. The molecule has 2 N–H and O–H groups in total. The fraction of sp³-hybridized carbons (Fsp3) is 0.533. The Balaban J connectivity index is 1.56.